The zero-order valence-electron chi connectivity index (χ0n) is 8.78. The molecule has 1 amide bonds. The number of anilines is 1. The Morgan fingerprint density at radius 1 is 1.53 bits per heavy atom. The van der Waals surface area contributed by atoms with Gasteiger partial charge in [-0.1, -0.05) is 11.6 Å². The van der Waals surface area contributed by atoms with Crippen LogP contribution in [0.1, 0.15) is 6.42 Å². The van der Waals surface area contributed by atoms with Gasteiger partial charge in [-0.2, -0.15) is 0 Å². The lowest BCUT2D eigenvalue weighted by Crippen LogP contribution is -2.14. The maximum absolute atomic E-state index is 13.3. The number of carbonyl (C=O) groups is 1. The first-order chi connectivity index (χ1) is 7.99. The molecular weight excluding hydrogens is 247 g/mol. The summed E-state index contributed by atoms with van der Waals surface area (Å²) in [5.41, 5.74) is 11.7. The molecule has 17 heavy (non-hydrogen) atoms. The van der Waals surface area contributed by atoms with Gasteiger partial charge in [0.15, 0.2) is 0 Å². The van der Waals surface area contributed by atoms with E-state index < -0.39 is 11.7 Å². The molecule has 0 unspecified atom stereocenters. The van der Waals surface area contributed by atoms with Crippen LogP contribution in [0.15, 0.2) is 12.1 Å². The maximum Gasteiger partial charge on any atom is 0.219 e. The molecule has 0 radical (unpaired) electrons. The van der Waals surface area contributed by atoms with E-state index in [0.717, 1.165) is 0 Å². The number of imidazole rings is 1. The van der Waals surface area contributed by atoms with Gasteiger partial charge in [0, 0.05) is 19.0 Å². The molecule has 1 aromatic carbocycles. The van der Waals surface area contributed by atoms with E-state index in [4.69, 9.17) is 23.1 Å². The van der Waals surface area contributed by atoms with Crippen molar-refractivity contribution in [2.24, 2.45) is 5.73 Å². The number of nitrogens with two attached hydrogens (primary N) is 2. The van der Waals surface area contributed by atoms with Gasteiger partial charge >= 0.3 is 0 Å². The largest absolute Gasteiger partial charge is 0.370 e. The molecule has 0 saturated heterocycles. The van der Waals surface area contributed by atoms with Gasteiger partial charge in [0.1, 0.15) is 5.82 Å². The van der Waals surface area contributed by atoms with Gasteiger partial charge in [0.25, 0.3) is 0 Å². The number of hydrogen-bond donors (Lipinski definition) is 2. The second-order valence-corrected chi connectivity index (χ2v) is 4.00. The molecule has 0 saturated carbocycles. The van der Waals surface area contributed by atoms with Crippen LogP contribution in [-0.4, -0.2) is 15.5 Å². The number of aromatic nitrogens is 2. The van der Waals surface area contributed by atoms with Crippen molar-refractivity contribution in [3.05, 3.63) is 23.0 Å². The summed E-state index contributed by atoms with van der Waals surface area (Å²) in [6.45, 7) is 0.263. The molecule has 0 aliphatic rings. The lowest BCUT2D eigenvalue weighted by Gasteiger charge is -2.04. The number of amides is 1. The molecule has 2 rings (SSSR count). The van der Waals surface area contributed by atoms with Gasteiger partial charge in [-0.05, 0) is 6.07 Å². The first-order valence-corrected chi connectivity index (χ1v) is 5.26. The Kier molecular flexibility index (Phi) is 2.89. The van der Waals surface area contributed by atoms with Crippen molar-refractivity contribution in [2.75, 3.05) is 5.73 Å². The van der Waals surface area contributed by atoms with Crippen LogP contribution in [0.4, 0.5) is 10.3 Å². The summed E-state index contributed by atoms with van der Waals surface area (Å²) in [7, 11) is 0. The number of nitrogens with zero attached hydrogens (tertiary/aromatic N) is 2. The number of hydrogen-bond acceptors (Lipinski definition) is 3. The van der Waals surface area contributed by atoms with E-state index in [1.54, 1.807) is 0 Å². The SMILES string of the molecule is NC(=O)CCn1c(N)nc2cc(Cl)c(F)cc21. The highest BCUT2D eigenvalue weighted by atomic mass is 35.5. The van der Waals surface area contributed by atoms with E-state index in [1.807, 2.05) is 0 Å². The van der Waals surface area contributed by atoms with Gasteiger partial charge in [-0.25, -0.2) is 9.37 Å². The number of rotatable bonds is 3. The van der Waals surface area contributed by atoms with Gasteiger partial charge < -0.3 is 16.0 Å². The monoisotopic (exact) mass is 256 g/mol. The number of halogens is 2. The second-order valence-electron chi connectivity index (χ2n) is 3.59. The van der Waals surface area contributed by atoms with Crippen molar-refractivity contribution in [1.29, 1.82) is 0 Å². The van der Waals surface area contributed by atoms with Crippen LogP contribution < -0.4 is 11.5 Å². The quantitative estimate of drug-likeness (QED) is 0.867. The third-order valence-electron chi connectivity index (χ3n) is 2.40. The van der Waals surface area contributed by atoms with Gasteiger partial charge in [0.05, 0.1) is 16.1 Å². The number of fused-ring (bicyclic) bond motifs is 1. The summed E-state index contributed by atoms with van der Waals surface area (Å²) in [6.07, 6.45) is 0.111. The van der Waals surface area contributed by atoms with Crippen LogP contribution in [-0.2, 0) is 11.3 Å². The predicted molar refractivity (Wildman–Crippen MR) is 62.9 cm³/mol. The third-order valence-corrected chi connectivity index (χ3v) is 2.69. The van der Waals surface area contributed by atoms with E-state index in [2.05, 4.69) is 4.98 Å². The minimum Gasteiger partial charge on any atom is -0.370 e. The number of primary amides is 1. The number of carbonyl (C=O) groups excluding carboxylic acids is 1. The second kappa shape index (κ2) is 4.21. The fraction of sp³-hybridized carbons (Fsp3) is 0.200. The van der Waals surface area contributed by atoms with Crippen molar-refractivity contribution in [2.45, 2.75) is 13.0 Å². The summed E-state index contributed by atoms with van der Waals surface area (Å²) in [5.74, 6) is -0.817. The summed E-state index contributed by atoms with van der Waals surface area (Å²) >= 11 is 5.64. The van der Waals surface area contributed by atoms with Crippen LogP contribution in [0.2, 0.25) is 5.02 Å². The number of aryl methyl sites for hydroxylation is 1. The third kappa shape index (κ3) is 2.16. The molecule has 0 spiro atoms. The highest BCUT2D eigenvalue weighted by Gasteiger charge is 2.12. The Hall–Kier alpha value is -1.82. The van der Waals surface area contributed by atoms with Gasteiger partial charge in [-0.15, -0.1) is 0 Å². The molecular formula is C10H10ClFN4O. The van der Waals surface area contributed by atoms with Gasteiger partial charge in [0.2, 0.25) is 11.9 Å². The first-order valence-electron chi connectivity index (χ1n) is 4.88. The van der Waals surface area contributed by atoms with Crippen molar-refractivity contribution in [1.82, 2.24) is 9.55 Å². The van der Waals surface area contributed by atoms with Gasteiger partial charge in [-0.3, -0.25) is 4.79 Å². The predicted octanol–water partition coefficient (Wildman–Crippen LogP) is 1.29. The van der Waals surface area contributed by atoms with Crippen LogP contribution in [0.3, 0.4) is 0 Å². The standard InChI is InChI=1S/C10H10ClFN4O/c11-5-3-7-8(4-6(5)12)16(10(14)15-7)2-1-9(13)17/h3-4H,1-2H2,(H2,13,17)(H2,14,15). The maximum atomic E-state index is 13.3. The number of benzene rings is 1. The number of nitrogen functional groups attached to an aromatic ring is 1. The van der Waals surface area contributed by atoms with E-state index in [0.29, 0.717) is 11.0 Å². The summed E-state index contributed by atoms with van der Waals surface area (Å²) in [4.78, 5) is 14.7. The summed E-state index contributed by atoms with van der Waals surface area (Å²) in [6, 6.07) is 2.63. The fourth-order valence-electron chi connectivity index (χ4n) is 1.60. The molecule has 0 aliphatic carbocycles. The molecule has 2 aromatic rings. The first kappa shape index (κ1) is 11.7. The summed E-state index contributed by atoms with van der Waals surface area (Å²) < 4.78 is 14.9. The molecule has 0 bridgehead atoms. The zero-order valence-corrected chi connectivity index (χ0v) is 9.54. The van der Waals surface area contributed by atoms with Crippen molar-refractivity contribution >= 4 is 34.5 Å². The normalized spacial score (nSPS) is 10.9. The minimum absolute atomic E-state index is 0.0166. The fourth-order valence-corrected chi connectivity index (χ4v) is 1.75. The van der Waals surface area contributed by atoms with Crippen LogP contribution in [0, 0.1) is 5.82 Å². The van der Waals surface area contributed by atoms with Crippen LogP contribution in [0.25, 0.3) is 11.0 Å². The van der Waals surface area contributed by atoms with Crippen molar-refractivity contribution in [3.8, 4) is 0 Å². The molecule has 0 fully saturated rings. The Morgan fingerprint density at radius 2 is 2.24 bits per heavy atom. The Labute approximate surface area is 101 Å². The summed E-state index contributed by atoms with van der Waals surface area (Å²) in [5, 5.41) is -0.0166. The molecule has 1 heterocycles. The lowest BCUT2D eigenvalue weighted by atomic mass is 10.3. The Balaban J connectivity index is 2.50. The zero-order chi connectivity index (χ0) is 12.6. The molecule has 4 N–H and O–H groups in total. The highest BCUT2D eigenvalue weighted by Crippen LogP contribution is 2.24. The smallest absolute Gasteiger partial charge is 0.219 e. The highest BCUT2D eigenvalue weighted by molar-refractivity contribution is 6.31. The molecule has 7 heteroatoms. The van der Waals surface area contributed by atoms with E-state index in [-0.39, 0.29) is 23.9 Å². The van der Waals surface area contributed by atoms with Crippen LogP contribution in [0.5, 0.6) is 0 Å². The molecule has 1 aromatic heterocycles. The average Bonchev–Trinajstić information content (AvgIpc) is 2.52. The topological polar surface area (TPSA) is 86.9 Å². The molecule has 0 aliphatic heterocycles. The van der Waals surface area contributed by atoms with Crippen molar-refractivity contribution < 1.29 is 9.18 Å². The average molecular weight is 257 g/mol. The lowest BCUT2D eigenvalue weighted by molar-refractivity contribution is -0.118. The van der Waals surface area contributed by atoms with E-state index in [9.17, 15) is 9.18 Å². The van der Waals surface area contributed by atoms with E-state index >= 15 is 0 Å². The Bertz CT molecular complexity index is 595. The van der Waals surface area contributed by atoms with Crippen LogP contribution >= 0.6 is 11.6 Å². The van der Waals surface area contributed by atoms with E-state index in [1.165, 1.54) is 16.7 Å². The van der Waals surface area contributed by atoms with Crippen molar-refractivity contribution in [3.63, 3.8) is 0 Å². The minimum atomic E-state index is -0.556. The Morgan fingerprint density at radius 3 is 2.88 bits per heavy atom. The molecule has 5 nitrogen and oxygen atoms in total. The molecule has 90 valence electrons. The molecule has 0 atom stereocenters.